The molecule has 26 heavy (non-hydrogen) atoms. The highest BCUT2D eigenvalue weighted by molar-refractivity contribution is 7.17. The minimum Gasteiger partial charge on any atom is -0.493 e. The molecule has 1 aromatic heterocycles. The van der Waals surface area contributed by atoms with Crippen molar-refractivity contribution in [2.24, 2.45) is 5.92 Å². The van der Waals surface area contributed by atoms with E-state index >= 15 is 0 Å². The van der Waals surface area contributed by atoms with Crippen molar-refractivity contribution in [3.05, 3.63) is 28.8 Å². The average Bonchev–Trinajstić information content (AvgIpc) is 3.00. The molecule has 0 fully saturated rings. The lowest BCUT2D eigenvalue weighted by molar-refractivity contribution is -0.140. The van der Waals surface area contributed by atoms with Gasteiger partial charge in [-0.05, 0) is 31.0 Å². The number of nitrogens with zero attached hydrogens (tertiary/aromatic N) is 1. The maximum atomic E-state index is 12.5. The van der Waals surface area contributed by atoms with Gasteiger partial charge in [0.05, 0.1) is 19.9 Å². The lowest BCUT2D eigenvalue weighted by atomic mass is 10.0. The molecule has 7 nitrogen and oxygen atoms in total. The van der Waals surface area contributed by atoms with Crippen LogP contribution in [0.2, 0.25) is 0 Å². The predicted octanol–water partition coefficient (Wildman–Crippen LogP) is 2.97. The summed E-state index contributed by atoms with van der Waals surface area (Å²) < 4.78 is 10.5. The molecule has 1 atom stereocenters. The summed E-state index contributed by atoms with van der Waals surface area (Å²) in [5.74, 6) is -0.559. The number of aromatic nitrogens is 1. The molecule has 2 rings (SSSR count). The van der Waals surface area contributed by atoms with E-state index in [1.807, 2.05) is 6.07 Å². The largest absolute Gasteiger partial charge is 0.493 e. The zero-order valence-electron chi connectivity index (χ0n) is 15.3. The molecule has 0 aliphatic carbocycles. The number of rotatable bonds is 7. The highest BCUT2D eigenvalue weighted by atomic mass is 32.1. The molecule has 2 aromatic rings. The number of thiazole rings is 1. The molecule has 0 saturated carbocycles. The topological polar surface area (TPSA) is 97.8 Å². The summed E-state index contributed by atoms with van der Waals surface area (Å²) in [5.41, 5.74) is 1.33. The number of ether oxygens (including phenoxy) is 2. The van der Waals surface area contributed by atoms with Crippen molar-refractivity contribution in [2.75, 3.05) is 14.2 Å². The van der Waals surface area contributed by atoms with E-state index in [9.17, 15) is 14.7 Å². The van der Waals surface area contributed by atoms with Crippen LogP contribution in [0.5, 0.6) is 11.5 Å². The summed E-state index contributed by atoms with van der Waals surface area (Å²) in [4.78, 5) is 28.6. The smallest absolute Gasteiger partial charge is 0.326 e. The maximum absolute atomic E-state index is 12.5. The Labute approximate surface area is 156 Å². The van der Waals surface area contributed by atoms with Crippen LogP contribution < -0.4 is 14.8 Å². The lowest BCUT2D eigenvalue weighted by Gasteiger charge is -2.17. The number of aryl methyl sites for hydroxylation is 1. The normalized spacial score (nSPS) is 11.9. The molecule has 2 N–H and O–H groups in total. The number of hydrogen-bond donors (Lipinski definition) is 2. The van der Waals surface area contributed by atoms with Crippen molar-refractivity contribution < 1.29 is 24.2 Å². The molecule has 1 heterocycles. The molecule has 140 valence electrons. The molecule has 0 saturated heterocycles. The van der Waals surface area contributed by atoms with Gasteiger partial charge in [0, 0.05) is 5.56 Å². The first-order valence-electron chi connectivity index (χ1n) is 8.02. The minimum absolute atomic E-state index is 0.227. The Morgan fingerprint density at radius 3 is 2.38 bits per heavy atom. The molecule has 0 radical (unpaired) electrons. The standard InChI is InChI=1S/C18H22N2O5S/c1-9(2)14(18(22)23)20-16(21)15-10(3)19-17(26-15)11-6-7-12(24-4)13(8-11)25-5/h6-9,14H,1-5H3,(H,20,21)(H,22,23). The number of methoxy groups -OCH3 is 2. The van der Waals surface area contributed by atoms with Gasteiger partial charge >= 0.3 is 5.97 Å². The fraction of sp³-hybridized carbons (Fsp3) is 0.389. The number of carbonyl (C=O) groups is 2. The summed E-state index contributed by atoms with van der Waals surface area (Å²) in [6.45, 7) is 5.21. The number of carboxylic acids is 1. The van der Waals surface area contributed by atoms with E-state index in [-0.39, 0.29) is 5.92 Å². The molecule has 0 bridgehead atoms. The van der Waals surface area contributed by atoms with Gasteiger partial charge in [-0.1, -0.05) is 13.8 Å². The molecule has 0 aliphatic rings. The zero-order valence-corrected chi connectivity index (χ0v) is 16.1. The van der Waals surface area contributed by atoms with Crippen LogP contribution >= 0.6 is 11.3 Å². The van der Waals surface area contributed by atoms with Gasteiger partial charge in [-0.15, -0.1) is 11.3 Å². The molecular weight excluding hydrogens is 356 g/mol. The number of hydrogen-bond acceptors (Lipinski definition) is 6. The van der Waals surface area contributed by atoms with E-state index in [1.165, 1.54) is 11.3 Å². The first kappa shape index (κ1) is 19.7. The summed E-state index contributed by atoms with van der Waals surface area (Å²) >= 11 is 1.21. The van der Waals surface area contributed by atoms with Gasteiger partial charge in [-0.3, -0.25) is 4.79 Å². The Bertz CT molecular complexity index is 816. The van der Waals surface area contributed by atoms with Crippen LogP contribution in [0.3, 0.4) is 0 Å². The van der Waals surface area contributed by atoms with Gasteiger partial charge in [0.2, 0.25) is 0 Å². The quantitative estimate of drug-likeness (QED) is 0.769. The average molecular weight is 378 g/mol. The van der Waals surface area contributed by atoms with Crippen LogP contribution in [0.1, 0.15) is 29.2 Å². The molecule has 8 heteroatoms. The third-order valence-corrected chi connectivity index (χ3v) is 5.06. The number of aliphatic carboxylic acids is 1. The third kappa shape index (κ3) is 4.13. The van der Waals surface area contributed by atoms with E-state index in [0.29, 0.717) is 27.1 Å². The van der Waals surface area contributed by atoms with Crippen molar-refractivity contribution in [1.82, 2.24) is 10.3 Å². The van der Waals surface area contributed by atoms with Crippen LogP contribution in [0.4, 0.5) is 0 Å². The fourth-order valence-electron chi connectivity index (χ4n) is 2.42. The first-order chi connectivity index (χ1) is 12.3. The predicted molar refractivity (Wildman–Crippen MR) is 99.1 cm³/mol. The van der Waals surface area contributed by atoms with Crippen LogP contribution in [-0.2, 0) is 4.79 Å². The number of carboxylic acid groups (broad SMARTS) is 1. The van der Waals surface area contributed by atoms with Crippen LogP contribution in [-0.4, -0.2) is 42.2 Å². The van der Waals surface area contributed by atoms with E-state index in [2.05, 4.69) is 10.3 Å². The summed E-state index contributed by atoms with van der Waals surface area (Å²) in [6.07, 6.45) is 0. The minimum atomic E-state index is -1.06. The Kier molecular flexibility index (Phi) is 6.20. The second-order valence-corrected chi connectivity index (χ2v) is 7.04. The molecule has 1 aromatic carbocycles. The summed E-state index contributed by atoms with van der Waals surface area (Å²) in [5, 5.41) is 12.5. The monoisotopic (exact) mass is 378 g/mol. The van der Waals surface area contributed by atoms with Gasteiger partial charge in [0.15, 0.2) is 11.5 Å². The van der Waals surface area contributed by atoms with Gasteiger partial charge < -0.3 is 19.9 Å². The van der Waals surface area contributed by atoms with Crippen molar-refractivity contribution in [1.29, 1.82) is 0 Å². The van der Waals surface area contributed by atoms with Crippen LogP contribution in [0.15, 0.2) is 18.2 Å². The number of carbonyl (C=O) groups excluding carboxylic acids is 1. The van der Waals surface area contributed by atoms with Crippen molar-refractivity contribution in [3.63, 3.8) is 0 Å². The summed E-state index contributed by atoms with van der Waals surface area (Å²) in [7, 11) is 3.10. The van der Waals surface area contributed by atoms with E-state index in [4.69, 9.17) is 9.47 Å². The lowest BCUT2D eigenvalue weighted by Crippen LogP contribution is -2.44. The summed E-state index contributed by atoms with van der Waals surface area (Å²) in [6, 6.07) is 4.43. The van der Waals surface area contributed by atoms with Crippen molar-refractivity contribution >= 4 is 23.2 Å². The third-order valence-electron chi connectivity index (χ3n) is 3.85. The van der Waals surface area contributed by atoms with Gasteiger partial charge in [-0.25, -0.2) is 9.78 Å². The highest BCUT2D eigenvalue weighted by Crippen LogP contribution is 2.35. The maximum Gasteiger partial charge on any atom is 0.326 e. The van der Waals surface area contributed by atoms with E-state index in [0.717, 1.165) is 5.56 Å². The Morgan fingerprint density at radius 2 is 1.85 bits per heavy atom. The Morgan fingerprint density at radius 1 is 1.19 bits per heavy atom. The number of amides is 1. The highest BCUT2D eigenvalue weighted by Gasteiger charge is 2.26. The van der Waals surface area contributed by atoms with Crippen molar-refractivity contribution in [3.8, 4) is 22.1 Å². The first-order valence-corrected chi connectivity index (χ1v) is 8.83. The van der Waals surface area contributed by atoms with Gasteiger partial charge in [0.1, 0.15) is 15.9 Å². The van der Waals surface area contributed by atoms with E-state index < -0.39 is 17.9 Å². The fourth-order valence-corrected chi connectivity index (χ4v) is 3.39. The Hall–Kier alpha value is -2.61. The molecule has 1 amide bonds. The molecular formula is C18H22N2O5S. The molecule has 1 unspecified atom stereocenters. The second kappa shape index (κ2) is 8.18. The SMILES string of the molecule is COc1ccc(-c2nc(C)c(C(=O)NC(C(=O)O)C(C)C)s2)cc1OC. The van der Waals surface area contributed by atoms with Crippen LogP contribution in [0, 0.1) is 12.8 Å². The van der Waals surface area contributed by atoms with Gasteiger partial charge in [-0.2, -0.15) is 0 Å². The Balaban J connectivity index is 2.31. The number of nitrogens with one attached hydrogen (secondary N) is 1. The van der Waals surface area contributed by atoms with Crippen LogP contribution in [0.25, 0.3) is 10.6 Å². The molecule has 0 aliphatic heterocycles. The van der Waals surface area contributed by atoms with Gasteiger partial charge in [0.25, 0.3) is 5.91 Å². The molecule has 0 spiro atoms. The second-order valence-electron chi connectivity index (χ2n) is 6.04. The zero-order chi connectivity index (χ0) is 19.4. The number of benzene rings is 1. The van der Waals surface area contributed by atoms with Crippen molar-refractivity contribution in [2.45, 2.75) is 26.8 Å². The van der Waals surface area contributed by atoms with E-state index in [1.54, 1.807) is 47.1 Å².